The molecule has 29 heavy (non-hydrogen) atoms. The number of rotatable bonds is 5. The van der Waals surface area contributed by atoms with Crippen LogP contribution in [0, 0.1) is 6.92 Å². The first-order valence-electron chi connectivity index (χ1n) is 10.1. The first-order chi connectivity index (χ1) is 14.1. The summed E-state index contributed by atoms with van der Waals surface area (Å²) in [5.41, 5.74) is 3.49. The van der Waals surface area contributed by atoms with Crippen LogP contribution in [-0.4, -0.2) is 39.1 Å². The minimum Gasteiger partial charge on any atom is -0.445 e. The van der Waals surface area contributed by atoms with Crippen molar-refractivity contribution >= 4 is 17.5 Å². The van der Waals surface area contributed by atoms with E-state index < -0.39 is 0 Å². The summed E-state index contributed by atoms with van der Waals surface area (Å²) in [7, 11) is 0. The summed E-state index contributed by atoms with van der Waals surface area (Å²) in [6.45, 7) is 5.33. The van der Waals surface area contributed by atoms with Crippen molar-refractivity contribution in [3.05, 3.63) is 69.7 Å². The van der Waals surface area contributed by atoms with Crippen LogP contribution in [0.1, 0.15) is 64.6 Å². The largest absolute Gasteiger partial charge is 0.445 e. The second-order valence-corrected chi connectivity index (χ2v) is 7.96. The summed E-state index contributed by atoms with van der Waals surface area (Å²) in [5, 5.41) is 7.95. The summed E-state index contributed by atoms with van der Waals surface area (Å²) >= 11 is 6.25. The Hall–Kier alpha value is -2.60. The van der Waals surface area contributed by atoms with Crippen LogP contribution in [-0.2, 0) is 12.8 Å². The van der Waals surface area contributed by atoms with Crippen LogP contribution in [0.4, 0.5) is 0 Å². The molecule has 1 fully saturated rings. The van der Waals surface area contributed by atoms with Crippen LogP contribution in [0.2, 0.25) is 5.02 Å². The van der Waals surface area contributed by atoms with Crippen molar-refractivity contribution in [2.24, 2.45) is 0 Å². The second-order valence-electron chi connectivity index (χ2n) is 7.55. The number of aromatic nitrogens is 3. The van der Waals surface area contributed by atoms with E-state index in [9.17, 15) is 4.79 Å². The number of nitrogens with one attached hydrogen (secondary N) is 1. The molecule has 4 rings (SSSR count). The molecule has 7 heteroatoms. The Morgan fingerprint density at radius 1 is 1.38 bits per heavy atom. The first kappa shape index (κ1) is 19.7. The number of halogens is 1. The van der Waals surface area contributed by atoms with E-state index in [4.69, 9.17) is 16.0 Å². The zero-order chi connectivity index (χ0) is 20.4. The third-order valence-corrected chi connectivity index (χ3v) is 5.99. The Balaban J connectivity index is 1.46. The van der Waals surface area contributed by atoms with Gasteiger partial charge in [-0.15, -0.1) is 0 Å². The minimum absolute atomic E-state index is 0.0222. The van der Waals surface area contributed by atoms with Gasteiger partial charge in [-0.25, -0.2) is 4.98 Å². The number of nitrogens with zero attached hydrogens (tertiary/aromatic N) is 3. The summed E-state index contributed by atoms with van der Waals surface area (Å²) in [4.78, 5) is 19.4. The highest BCUT2D eigenvalue weighted by atomic mass is 35.5. The third kappa shape index (κ3) is 4.08. The van der Waals surface area contributed by atoms with E-state index in [2.05, 4.69) is 22.1 Å². The standard InChI is InChI=1S/C22H25ClN4O2/c1-3-19-14(2)20(26-25-19)22(28)27-10-6-8-16(13-27)21-24-12-17(29-21)11-15-7-4-5-9-18(15)23/h4-5,7,9,12,16H,3,6,8,10-11,13H2,1-2H3,(H,25,26)/t16-/m0/s1. The van der Waals surface area contributed by atoms with Crippen LogP contribution in [0.15, 0.2) is 34.9 Å². The predicted octanol–water partition coefficient (Wildman–Crippen LogP) is 4.53. The molecule has 1 amide bonds. The van der Waals surface area contributed by atoms with Gasteiger partial charge in [-0.3, -0.25) is 9.89 Å². The normalized spacial score (nSPS) is 16.9. The van der Waals surface area contributed by atoms with Crippen LogP contribution in [0.5, 0.6) is 0 Å². The molecule has 2 aromatic heterocycles. The molecule has 1 N–H and O–H groups in total. The van der Waals surface area contributed by atoms with Crippen molar-refractivity contribution in [3.8, 4) is 0 Å². The predicted molar refractivity (Wildman–Crippen MR) is 111 cm³/mol. The zero-order valence-electron chi connectivity index (χ0n) is 16.7. The van der Waals surface area contributed by atoms with E-state index in [0.717, 1.165) is 53.4 Å². The number of hydrogen-bond donors (Lipinski definition) is 1. The number of benzene rings is 1. The van der Waals surface area contributed by atoms with Gasteiger partial charge in [0.15, 0.2) is 11.6 Å². The highest BCUT2D eigenvalue weighted by Gasteiger charge is 2.30. The van der Waals surface area contributed by atoms with E-state index in [1.54, 1.807) is 6.20 Å². The van der Waals surface area contributed by atoms with Crippen molar-refractivity contribution in [1.82, 2.24) is 20.1 Å². The maximum atomic E-state index is 13.0. The average molecular weight is 413 g/mol. The Bertz CT molecular complexity index is 1010. The Labute approximate surface area is 175 Å². The topological polar surface area (TPSA) is 75.0 Å². The fraction of sp³-hybridized carbons (Fsp3) is 0.409. The molecule has 0 radical (unpaired) electrons. The third-order valence-electron chi connectivity index (χ3n) is 5.62. The maximum Gasteiger partial charge on any atom is 0.274 e. The van der Waals surface area contributed by atoms with Crippen LogP contribution in [0.3, 0.4) is 0 Å². The van der Waals surface area contributed by atoms with E-state index in [1.165, 1.54) is 0 Å². The lowest BCUT2D eigenvalue weighted by Gasteiger charge is -2.31. The molecule has 1 saturated heterocycles. The number of oxazole rings is 1. The molecular formula is C22H25ClN4O2. The molecule has 0 saturated carbocycles. The molecule has 1 atom stereocenters. The number of aromatic amines is 1. The van der Waals surface area contributed by atoms with Gasteiger partial charge in [0.25, 0.3) is 5.91 Å². The number of hydrogen-bond acceptors (Lipinski definition) is 4. The van der Waals surface area contributed by atoms with E-state index >= 15 is 0 Å². The van der Waals surface area contributed by atoms with E-state index in [1.807, 2.05) is 36.1 Å². The number of aryl methyl sites for hydroxylation is 1. The SMILES string of the molecule is CCc1[nH]nc(C(=O)N2CCC[C@H](c3ncc(Cc4ccccc4Cl)o3)C2)c1C. The number of amides is 1. The summed E-state index contributed by atoms with van der Waals surface area (Å²) in [6.07, 6.45) is 5.08. The molecule has 1 aliphatic heterocycles. The molecule has 152 valence electrons. The smallest absolute Gasteiger partial charge is 0.274 e. The fourth-order valence-corrected chi connectivity index (χ4v) is 4.12. The monoisotopic (exact) mass is 412 g/mol. The molecule has 6 nitrogen and oxygen atoms in total. The van der Waals surface area contributed by atoms with Crippen molar-refractivity contribution in [1.29, 1.82) is 0 Å². The van der Waals surface area contributed by atoms with Gasteiger partial charge in [-0.05, 0) is 37.8 Å². The average Bonchev–Trinajstić information content (AvgIpc) is 3.36. The van der Waals surface area contributed by atoms with Gasteiger partial charge in [0, 0.05) is 35.8 Å². The molecule has 0 aliphatic carbocycles. The summed E-state index contributed by atoms with van der Waals surface area (Å²) in [6, 6.07) is 7.74. The van der Waals surface area contributed by atoms with Crippen LogP contribution in [0.25, 0.3) is 0 Å². The Morgan fingerprint density at radius 3 is 2.97 bits per heavy atom. The Morgan fingerprint density at radius 2 is 2.21 bits per heavy atom. The molecule has 1 aromatic carbocycles. The van der Waals surface area contributed by atoms with Gasteiger partial charge in [-0.1, -0.05) is 36.7 Å². The van der Waals surface area contributed by atoms with Gasteiger partial charge >= 0.3 is 0 Å². The minimum atomic E-state index is -0.0222. The lowest BCUT2D eigenvalue weighted by Crippen LogP contribution is -2.39. The molecule has 0 unspecified atom stereocenters. The van der Waals surface area contributed by atoms with Gasteiger partial charge in [0.1, 0.15) is 5.76 Å². The summed E-state index contributed by atoms with van der Waals surface area (Å²) < 4.78 is 6.03. The molecule has 0 bridgehead atoms. The number of carbonyl (C=O) groups is 1. The lowest BCUT2D eigenvalue weighted by molar-refractivity contribution is 0.0691. The lowest BCUT2D eigenvalue weighted by atomic mass is 9.97. The maximum absolute atomic E-state index is 13.0. The van der Waals surface area contributed by atoms with Gasteiger partial charge in [0.05, 0.1) is 12.1 Å². The molecule has 3 aromatic rings. The number of likely N-dealkylation sites (tertiary alicyclic amines) is 1. The molecule has 3 heterocycles. The fourth-order valence-electron chi connectivity index (χ4n) is 3.92. The molecule has 0 spiro atoms. The van der Waals surface area contributed by atoms with Crippen molar-refractivity contribution < 1.29 is 9.21 Å². The van der Waals surface area contributed by atoms with Crippen molar-refractivity contribution in [3.63, 3.8) is 0 Å². The van der Waals surface area contributed by atoms with Crippen molar-refractivity contribution in [2.45, 2.75) is 45.4 Å². The van der Waals surface area contributed by atoms with Crippen LogP contribution >= 0.6 is 11.6 Å². The molecule has 1 aliphatic rings. The highest BCUT2D eigenvalue weighted by Crippen LogP contribution is 2.29. The number of piperidine rings is 1. The summed E-state index contributed by atoms with van der Waals surface area (Å²) in [5.74, 6) is 1.55. The number of carbonyl (C=O) groups excluding carboxylic acids is 1. The van der Waals surface area contributed by atoms with Gasteiger partial charge in [0.2, 0.25) is 0 Å². The first-order valence-corrected chi connectivity index (χ1v) is 10.5. The molecular weight excluding hydrogens is 388 g/mol. The van der Waals surface area contributed by atoms with Crippen molar-refractivity contribution in [2.75, 3.05) is 13.1 Å². The van der Waals surface area contributed by atoms with Gasteiger partial charge < -0.3 is 9.32 Å². The quantitative estimate of drug-likeness (QED) is 0.667. The van der Waals surface area contributed by atoms with E-state index in [0.29, 0.717) is 24.6 Å². The second kappa shape index (κ2) is 8.41. The van der Waals surface area contributed by atoms with Crippen LogP contribution < -0.4 is 0 Å². The van der Waals surface area contributed by atoms with Gasteiger partial charge in [-0.2, -0.15) is 5.10 Å². The zero-order valence-corrected chi connectivity index (χ0v) is 17.5. The Kier molecular flexibility index (Phi) is 5.72. The highest BCUT2D eigenvalue weighted by molar-refractivity contribution is 6.31. The van der Waals surface area contributed by atoms with E-state index in [-0.39, 0.29) is 11.8 Å². The number of H-pyrrole nitrogens is 1.